The Hall–Kier alpha value is -2.01. The molecule has 2 aromatic rings. The lowest BCUT2D eigenvalue weighted by atomic mass is 10.0. The topological polar surface area (TPSA) is 49.8 Å². The number of hydrogen-bond acceptors (Lipinski definition) is 4. The minimum atomic E-state index is 0.173. The SMILES string of the molecule is CN1CCC(N(Cc2ccco2)C(=O)CCc2ccco2)CC1. The second-order valence-corrected chi connectivity index (χ2v) is 6.21. The summed E-state index contributed by atoms with van der Waals surface area (Å²) in [4.78, 5) is 17.1. The Balaban J connectivity index is 1.64. The quantitative estimate of drug-likeness (QED) is 0.822. The van der Waals surface area contributed by atoms with Crippen LogP contribution in [0.15, 0.2) is 45.6 Å². The Labute approximate surface area is 136 Å². The largest absolute Gasteiger partial charge is 0.469 e. The molecule has 0 saturated carbocycles. The number of piperidine rings is 1. The first-order valence-electron chi connectivity index (χ1n) is 8.25. The van der Waals surface area contributed by atoms with Crippen LogP contribution >= 0.6 is 0 Å². The summed E-state index contributed by atoms with van der Waals surface area (Å²) in [5.74, 6) is 1.88. The highest BCUT2D eigenvalue weighted by Gasteiger charge is 2.27. The normalized spacial score (nSPS) is 16.6. The molecule has 3 rings (SSSR count). The number of hydrogen-bond donors (Lipinski definition) is 0. The van der Waals surface area contributed by atoms with Crippen molar-refractivity contribution in [3.63, 3.8) is 0 Å². The van der Waals surface area contributed by atoms with Crippen LogP contribution < -0.4 is 0 Å². The van der Waals surface area contributed by atoms with Gasteiger partial charge in [-0.15, -0.1) is 0 Å². The summed E-state index contributed by atoms with van der Waals surface area (Å²) in [7, 11) is 2.13. The van der Waals surface area contributed by atoms with Crippen molar-refractivity contribution in [3.8, 4) is 0 Å². The lowest BCUT2D eigenvalue weighted by Gasteiger charge is -2.37. The van der Waals surface area contributed by atoms with Crippen LogP contribution in [0.3, 0.4) is 0 Å². The van der Waals surface area contributed by atoms with E-state index in [1.165, 1.54) is 0 Å². The number of furan rings is 2. The Bertz CT molecular complexity index is 584. The van der Waals surface area contributed by atoms with Crippen LogP contribution in [0.25, 0.3) is 0 Å². The maximum atomic E-state index is 12.8. The van der Waals surface area contributed by atoms with Gasteiger partial charge in [0.25, 0.3) is 0 Å². The van der Waals surface area contributed by atoms with E-state index < -0.39 is 0 Å². The first-order valence-corrected chi connectivity index (χ1v) is 8.25. The predicted octanol–water partition coefficient (Wildman–Crippen LogP) is 2.93. The molecule has 5 nitrogen and oxygen atoms in total. The molecular weight excluding hydrogens is 292 g/mol. The summed E-state index contributed by atoms with van der Waals surface area (Å²) in [5.41, 5.74) is 0. The Morgan fingerprint density at radius 1 is 1.17 bits per heavy atom. The fourth-order valence-electron chi connectivity index (χ4n) is 3.13. The molecule has 124 valence electrons. The summed E-state index contributed by atoms with van der Waals surface area (Å²) in [6.45, 7) is 2.62. The molecule has 0 unspecified atom stereocenters. The standard InChI is InChI=1S/C18H24N2O3/c1-19-10-8-15(9-11-19)20(14-17-5-3-13-23-17)18(21)7-6-16-4-2-12-22-16/h2-5,12-13,15H,6-11,14H2,1H3. The lowest BCUT2D eigenvalue weighted by Crippen LogP contribution is -2.46. The van der Waals surface area contributed by atoms with Gasteiger partial charge < -0.3 is 18.6 Å². The lowest BCUT2D eigenvalue weighted by molar-refractivity contribution is -0.135. The van der Waals surface area contributed by atoms with Crippen LogP contribution in [-0.2, 0) is 17.8 Å². The molecule has 2 aromatic heterocycles. The van der Waals surface area contributed by atoms with Gasteiger partial charge in [0, 0.05) is 18.9 Å². The first kappa shape index (κ1) is 15.9. The van der Waals surface area contributed by atoms with Crippen molar-refractivity contribution in [1.82, 2.24) is 9.80 Å². The van der Waals surface area contributed by atoms with Crippen molar-refractivity contribution in [2.45, 2.75) is 38.3 Å². The number of amides is 1. The molecule has 0 radical (unpaired) electrons. The third-order valence-corrected chi connectivity index (χ3v) is 4.52. The zero-order valence-corrected chi connectivity index (χ0v) is 13.6. The van der Waals surface area contributed by atoms with Crippen molar-refractivity contribution in [3.05, 3.63) is 48.3 Å². The van der Waals surface area contributed by atoms with E-state index >= 15 is 0 Å². The van der Waals surface area contributed by atoms with Gasteiger partial charge >= 0.3 is 0 Å². The van der Waals surface area contributed by atoms with Crippen molar-refractivity contribution in [2.75, 3.05) is 20.1 Å². The van der Waals surface area contributed by atoms with Gasteiger partial charge in [-0.25, -0.2) is 0 Å². The number of likely N-dealkylation sites (tertiary alicyclic amines) is 1. The molecule has 1 aliphatic rings. The van der Waals surface area contributed by atoms with E-state index in [4.69, 9.17) is 8.83 Å². The summed E-state index contributed by atoms with van der Waals surface area (Å²) in [6.07, 6.45) is 6.47. The van der Waals surface area contributed by atoms with E-state index in [-0.39, 0.29) is 5.91 Å². The molecular formula is C18H24N2O3. The summed E-state index contributed by atoms with van der Waals surface area (Å²) in [6, 6.07) is 7.87. The summed E-state index contributed by atoms with van der Waals surface area (Å²) < 4.78 is 10.8. The first-order chi connectivity index (χ1) is 11.2. The van der Waals surface area contributed by atoms with Crippen LogP contribution in [0.1, 0.15) is 30.8 Å². The fourth-order valence-corrected chi connectivity index (χ4v) is 3.13. The molecule has 0 aromatic carbocycles. The third-order valence-electron chi connectivity index (χ3n) is 4.52. The van der Waals surface area contributed by atoms with Crippen molar-refractivity contribution in [1.29, 1.82) is 0 Å². The molecule has 0 N–H and O–H groups in total. The predicted molar refractivity (Wildman–Crippen MR) is 86.8 cm³/mol. The van der Waals surface area contributed by atoms with Gasteiger partial charge in [-0.2, -0.15) is 0 Å². The van der Waals surface area contributed by atoms with Crippen LogP contribution in [0, 0.1) is 0 Å². The van der Waals surface area contributed by atoms with Gasteiger partial charge in [0.05, 0.1) is 19.1 Å². The molecule has 5 heteroatoms. The molecule has 0 spiro atoms. The van der Waals surface area contributed by atoms with Gasteiger partial charge in [0.1, 0.15) is 11.5 Å². The van der Waals surface area contributed by atoms with Gasteiger partial charge in [-0.05, 0) is 57.2 Å². The smallest absolute Gasteiger partial charge is 0.223 e. The fraction of sp³-hybridized carbons (Fsp3) is 0.500. The third kappa shape index (κ3) is 4.26. The highest BCUT2D eigenvalue weighted by molar-refractivity contribution is 5.76. The zero-order valence-electron chi connectivity index (χ0n) is 13.6. The number of carbonyl (C=O) groups is 1. The second-order valence-electron chi connectivity index (χ2n) is 6.21. The Morgan fingerprint density at radius 2 is 1.83 bits per heavy atom. The zero-order chi connectivity index (χ0) is 16.1. The van der Waals surface area contributed by atoms with E-state index in [2.05, 4.69) is 11.9 Å². The van der Waals surface area contributed by atoms with E-state index in [1.807, 2.05) is 29.2 Å². The van der Waals surface area contributed by atoms with Gasteiger partial charge in [-0.3, -0.25) is 4.79 Å². The molecule has 1 fully saturated rings. The van der Waals surface area contributed by atoms with Crippen LogP contribution in [0.5, 0.6) is 0 Å². The van der Waals surface area contributed by atoms with Crippen molar-refractivity contribution in [2.24, 2.45) is 0 Å². The number of aryl methyl sites for hydroxylation is 1. The number of nitrogens with zero attached hydrogens (tertiary/aromatic N) is 2. The van der Waals surface area contributed by atoms with E-state index in [0.717, 1.165) is 37.5 Å². The van der Waals surface area contributed by atoms with Crippen molar-refractivity contribution < 1.29 is 13.6 Å². The van der Waals surface area contributed by atoms with Crippen LogP contribution in [-0.4, -0.2) is 41.9 Å². The molecule has 0 aliphatic carbocycles. The maximum Gasteiger partial charge on any atom is 0.223 e. The van der Waals surface area contributed by atoms with E-state index in [0.29, 0.717) is 25.4 Å². The van der Waals surface area contributed by atoms with Crippen LogP contribution in [0.2, 0.25) is 0 Å². The van der Waals surface area contributed by atoms with Crippen molar-refractivity contribution >= 4 is 5.91 Å². The maximum absolute atomic E-state index is 12.8. The van der Waals surface area contributed by atoms with E-state index in [9.17, 15) is 4.79 Å². The Morgan fingerprint density at radius 3 is 2.43 bits per heavy atom. The summed E-state index contributed by atoms with van der Waals surface area (Å²) in [5, 5.41) is 0. The Kier molecular flexibility index (Phi) is 5.18. The minimum absolute atomic E-state index is 0.173. The number of carbonyl (C=O) groups excluding carboxylic acids is 1. The van der Waals surface area contributed by atoms with Gasteiger partial charge in [0.2, 0.25) is 5.91 Å². The highest BCUT2D eigenvalue weighted by Crippen LogP contribution is 2.20. The van der Waals surface area contributed by atoms with E-state index in [1.54, 1.807) is 12.5 Å². The molecule has 1 saturated heterocycles. The van der Waals surface area contributed by atoms with Crippen LogP contribution in [0.4, 0.5) is 0 Å². The average Bonchev–Trinajstić information content (AvgIpc) is 3.25. The van der Waals surface area contributed by atoms with Gasteiger partial charge in [-0.1, -0.05) is 0 Å². The number of rotatable bonds is 6. The highest BCUT2D eigenvalue weighted by atomic mass is 16.3. The molecule has 0 bridgehead atoms. The monoisotopic (exact) mass is 316 g/mol. The molecule has 0 atom stereocenters. The molecule has 3 heterocycles. The second kappa shape index (κ2) is 7.51. The molecule has 1 amide bonds. The van der Waals surface area contributed by atoms with Gasteiger partial charge in [0.15, 0.2) is 0 Å². The molecule has 23 heavy (non-hydrogen) atoms. The average molecular weight is 316 g/mol. The summed E-state index contributed by atoms with van der Waals surface area (Å²) >= 11 is 0. The molecule has 1 aliphatic heterocycles. The minimum Gasteiger partial charge on any atom is -0.469 e.